The van der Waals surface area contributed by atoms with Crippen LogP contribution in [-0.2, 0) is 84.7 Å². The van der Waals surface area contributed by atoms with E-state index >= 15 is 0 Å². The van der Waals surface area contributed by atoms with Gasteiger partial charge >= 0.3 is 34.1 Å². The summed E-state index contributed by atoms with van der Waals surface area (Å²) in [5.41, 5.74) is 6.50. The first-order valence-electron chi connectivity index (χ1n) is 16.6. The van der Waals surface area contributed by atoms with E-state index in [4.69, 9.17) is 50.5 Å². The van der Waals surface area contributed by atoms with Crippen molar-refractivity contribution in [3.63, 3.8) is 0 Å². The predicted octanol–water partition coefficient (Wildman–Crippen LogP) is 3.87. The van der Waals surface area contributed by atoms with Crippen molar-refractivity contribution in [2.75, 3.05) is 45.5 Å². The smallest absolute Gasteiger partial charge is 0.741 e. The Balaban J connectivity index is 0.00000561. The van der Waals surface area contributed by atoms with Gasteiger partial charge in [-0.15, -0.1) is 20.4 Å². The van der Waals surface area contributed by atoms with Crippen LogP contribution >= 0.6 is 0 Å². The van der Waals surface area contributed by atoms with Gasteiger partial charge in [0, 0.05) is 67.0 Å². The average molecular weight is 934 g/mol. The summed E-state index contributed by atoms with van der Waals surface area (Å²) in [6.07, 6.45) is 0. The quantitative estimate of drug-likeness (QED) is 0.0273. The third-order valence-corrected chi connectivity index (χ3v) is 8.37. The summed E-state index contributed by atoms with van der Waals surface area (Å²) in [5, 5.41) is 53.4. The van der Waals surface area contributed by atoms with Crippen LogP contribution in [0.25, 0.3) is 0 Å². The molecule has 302 valence electrons. The molecule has 0 aliphatic carbocycles. The Kier molecular flexibility index (Phi) is 21.9. The van der Waals surface area contributed by atoms with Gasteiger partial charge in [0.25, 0.3) is 0 Å². The number of benzene rings is 4. The molecule has 0 heterocycles. The Morgan fingerprint density at radius 1 is 0.404 bits per heavy atom. The van der Waals surface area contributed by atoms with Gasteiger partial charge in [-0.25, -0.2) is 0 Å². The van der Waals surface area contributed by atoms with Crippen LogP contribution in [0.4, 0.5) is 11.4 Å². The number of hydrogen-bond acceptors (Lipinski definition) is 14. The van der Waals surface area contributed by atoms with Crippen molar-refractivity contribution in [2.45, 2.75) is 0 Å². The Morgan fingerprint density at radius 3 is 1.05 bits per heavy atom. The summed E-state index contributed by atoms with van der Waals surface area (Å²) in [6, 6.07) is 34.2. The zero-order valence-electron chi connectivity index (χ0n) is 30.9. The van der Waals surface area contributed by atoms with Crippen molar-refractivity contribution in [2.24, 2.45) is 40.8 Å². The summed E-state index contributed by atoms with van der Waals surface area (Å²) < 4.78 is 0. The molecule has 0 bridgehead atoms. The second-order valence-electron chi connectivity index (χ2n) is 10.8. The zero-order chi connectivity index (χ0) is 39.4. The molecule has 0 fully saturated rings. The summed E-state index contributed by atoms with van der Waals surface area (Å²) >= 11 is 21.2. The largest absolute Gasteiger partial charge is 2.00 e. The fraction of sp³-hybridized carbons (Fsp3) is 0.135. The minimum Gasteiger partial charge on any atom is -0.741 e. The molecule has 6 N–H and O–H groups in total. The number of rotatable bonds is 14. The second kappa shape index (κ2) is 26.0. The second-order valence-corrected chi connectivity index (χ2v) is 12.4. The van der Waals surface area contributed by atoms with Gasteiger partial charge in [0.05, 0.1) is 6.67 Å². The van der Waals surface area contributed by atoms with Gasteiger partial charge in [0.15, 0.2) is 0 Å². The number of anilines is 2. The van der Waals surface area contributed by atoms with Crippen LogP contribution in [0.2, 0.25) is 0 Å². The van der Waals surface area contributed by atoms with Gasteiger partial charge in [0.1, 0.15) is 22.8 Å². The molecule has 14 nitrogen and oxygen atoms in total. The number of hydrogen-bond donors (Lipinski definition) is 6. The van der Waals surface area contributed by atoms with Gasteiger partial charge in [-0.3, -0.25) is 0 Å². The molecule has 0 atom stereocenters. The predicted molar refractivity (Wildman–Crippen MR) is 239 cm³/mol. The van der Waals surface area contributed by atoms with E-state index in [0.29, 0.717) is 28.4 Å². The van der Waals surface area contributed by atoms with Gasteiger partial charge in [-0.2, -0.15) is 20.4 Å². The van der Waals surface area contributed by atoms with Crippen LogP contribution in [0.3, 0.4) is 0 Å². The molecule has 4 aromatic carbocycles. The SMILES string of the molecule is CN/C([S-])=N/N=C(/C(=N/N=C(\[S-])NC)c1ccc(NCN/C([S-])=N/N=C(/C(=N/N=C(\[S-])NC)c2ccccc2)c2ccc(NC)cc2)cc1)c1ccccc1.[Cu+2].[Cu+2]. The maximum Gasteiger partial charge on any atom is 2.00 e. The summed E-state index contributed by atoms with van der Waals surface area (Å²) in [6.45, 7) is 0.249. The number of nitrogens with one attached hydrogen (secondary N) is 6. The van der Waals surface area contributed by atoms with Gasteiger partial charge in [-0.1, -0.05) is 84.9 Å². The van der Waals surface area contributed by atoms with E-state index in [1.807, 2.05) is 116 Å². The molecule has 20 heteroatoms. The zero-order valence-corrected chi connectivity index (χ0v) is 36.1. The average Bonchev–Trinajstić information content (AvgIpc) is 3.23. The molecule has 4 aromatic rings. The van der Waals surface area contributed by atoms with Crippen LogP contribution in [-0.4, -0.2) is 78.4 Å². The first kappa shape index (κ1) is 48.1. The topological polar surface area (TPSA) is 171 Å². The molecular weight excluding hydrogens is 896 g/mol. The van der Waals surface area contributed by atoms with Crippen molar-refractivity contribution < 1.29 is 34.1 Å². The molecule has 2 radical (unpaired) electrons. The first-order valence-corrected chi connectivity index (χ1v) is 18.2. The van der Waals surface area contributed by atoms with Crippen LogP contribution in [0.1, 0.15) is 22.3 Å². The normalized spacial score (nSPS) is 13.1. The minimum atomic E-state index is 0. The molecule has 0 unspecified atom stereocenters. The van der Waals surface area contributed by atoms with Gasteiger partial charge < -0.3 is 82.4 Å². The summed E-state index contributed by atoms with van der Waals surface area (Å²) in [7, 11) is 6.87. The number of nitrogens with zero attached hydrogens (tertiary/aromatic N) is 8. The monoisotopic (exact) mass is 932 g/mol. The maximum absolute atomic E-state index is 5.54. The Labute approximate surface area is 376 Å². The van der Waals surface area contributed by atoms with Crippen molar-refractivity contribution in [3.8, 4) is 0 Å². The standard InChI is InChI=1S/C37H42N14S4.2Cu/c1-38-28-19-15-26(16-20-28)33(31(45-49-35(53)40-3)25-13-9-6-10-14-25)47-51-37(55)43-23-42-29-21-17-27(18-22-29)32(46-50-36(54)41-4)30(44-48-34(52)39-2)24-11-7-5-8-12-24;;/h5-22,38,42H,23H2,1-4H3,(H2,39,48,52)(H2,40,49,53)(H2,41,50,54)(H2,43,51,55);;/q;2*+2/p-4/b44-30+,45-31+,46-32+,47-33+;;. The third-order valence-electron chi connectivity index (χ3n) is 7.29. The molecule has 0 aliphatic rings. The van der Waals surface area contributed by atoms with E-state index in [9.17, 15) is 0 Å². The van der Waals surface area contributed by atoms with Crippen molar-refractivity contribution in [1.29, 1.82) is 0 Å². The maximum atomic E-state index is 5.54. The molecule has 0 amide bonds. The Morgan fingerprint density at radius 2 is 0.719 bits per heavy atom. The minimum absolute atomic E-state index is 0. The first-order chi connectivity index (χ1) is 26.8. The fourth-order valence-corrected chi connectivity index (χ4v) is 4.72. The van der Waals surface area contributed by atoms with E-state index < -0.39 is 0 Å². The Hall–Kier alpha value is -5.04. The molecule has 0 saturated heterocycles. The molecule has 4 rings (SSSR count). The van der Waals surface area contributed by atoms with E-state index in [2.05, 4.69) is 72.7 Å². The van der Waals surface area contributed by atoms with Crippen LogP contribution in [0.15, 0.2) is 150 Å². The van der Waals surface area contributed by atoms with E-state index in [0.717, 1.165) is 28.1 Å². The van der Waals surface area contributed by atoms with Crippen LogP contribution in [0.5, 0.6) is 0 Å². The van der Waals surface area contributed by atoms with E-state index in [1.165, 1.54) is 0 Å². The van der Waals surface area contributed by atoms with Crippen molar-refractivity contribution in [1.82, 2.24) is 21.3 Å². The van der Waals surface area contributed by atoms with E-state index in [1.54, 1.807) is 21.1 Å². The molecule has 0 saturated carbocycles. The van der Waals surface area contributed by atoms with Gasteiger partial charge in [0.2, 0.25) is 0 Å². The van der Waals surface area contributed by atoms with Crippen molar-refractivity contribution >= 4 is 105 Å². The summed E-state index contributed by atoms with van der Waals surface area (Å²) in [4.78, 5) is 0. The van der Waals surface area contributed by atoms with Gasteiger partial charge in [-0.05, 0) is 39.8 Å². The number of amidine groups is 4. The molecule has 0 aromatic heterocycles. The molecule has 57 heavy (non-hydrogen) atoms. The Bertz CT molecular complexity index is 2110. The summed E-state index contributed by atoms with van der Waals surface area (Å²) in [5.74, 6) is 0. The molecular formula is C37H38Cu2N14S4. The van der Waals surface area contributed by atoms with E-state index in [-0.39, 0.29) is 61.5 Å². The molecule has 0 aliphatic heterocycles. The molecule has 0 spiro atoms. The third kappa shape index (κ3) is 15.4. The fourth-order valence-electron chi connectivity index (χ4n) is 4.49. The van der Waals surface area contributed by atoms with Crippen LogP contribution in [0, 0.1) is 0 Å². The van der Waals surface area contributed by atoms with Crippen LogP contribution < -0.4 is 31.9 Å². The van der Waals surface area contributed by atoms with Crippen molar-refractivity contribution in [3.05, 3.63) is 131 Å².